The summed E-state index contributed by atoms with van der Waals surface area (Å²) in [7, 11) is 0. The third-order valence-corrected chi connectivity index (χ3v) is 2.30. The van der Waals surface area contributed by atoms with Crippen LogP contribution in [0.1, 0.15) is 18.0 Å². The largest absolute Gasteiger partial charge is 0.502 e. The Morgan fingerprint density at radius 3 is 2.82 bits per heavy atom. The van der Waals surface area contributed by atoms with Gasteiger partial charge in [-0.05, 0) is 12.0 Å². The minimum atomic E-state index is -0.614. The van der Waals surface area contributed by atoms with Gasteiger partial charge in [0, 0.05) is 6.54 Å². The van der Waals surface area contributed by atoms with Crippen molar-refractivity contribution in [3.05, 3.63) is 48.7 Å². The maximum absolute atomic E-state index is 11.7. The number of nitrogens with two attached hydrogens (primary N) is 1. The van der Waals surface area contributed by atoms with Crippen molar-refractivity contribution in [2.75, 3.05) is 13.2 Å². The van der Waals surface area contributed by atoms with Crippen molar-refractivity contribution in [1.82, 2.24) is 5.32 Å². The average Bonchev–Trinajstić information content (AvgIpc) is 2.38. The van der Waals surface area contributed by atoms with Crippen LogP contribution < -0.4 is 11.1 Å². The van der Waals surface area contributed by atoms with Crippen LogP contribution in [0.3, 0.4) is 0 Å². The van der Waals surface area contributed by atoms with Gasteiger partial charge in [-0.15, -0.1) is 0 Å². The van der Waals surface area contributed by atoms with E-state index >= 15 is 0 Å². The first-order chi connectivity index (χ1) is 8.25. The van der Waals surface area contributed by atoms with Crippen molar-refractivity contribution < 1.29 is 9.53 Å². The number of carbonyl (C=O) groups is 1. The quantitative estimate of drug-likeness (QED) is 0.553. The molecule has 17 heavy (non-hydrogen) atoms. The van der Waals surface area contributed by atoms with Crippen LogP contribution in [0.2, 0.25) is 0 Å². The highest BCUT2D eigenvalue weighted by atomic mass is 16.5. The van der Waals surface area contributed by atoms with E-state index in [1.165, 1.54) is 6.26 Å². The van der Waals surface area contributed by atoms with E-state index in [1.54, 1.807) is 0 Å². The number of amides is 1. The monoisotopic (exact) mass is 234 g/mol. The molecule has 4 nitrogen and oxygen atoms in total. The molecule has 4 heteroatoms. The van der Waals surface area contributed by atoms with Crippen LogP contribution >= 0.6 is 0 Å². The molecule has 1 aromatic rings. The summed E-state index contributed by atoms with van der Waals surface area (Å²) in [6.07, 6.45) is 2.12. The Hall–Kier alpha value is -1.81. The van der Waals surface area contributed by atoms with E-state index in [0.29, 0.717) is 13.2 Å². The summed E-state index contributed by atoms with van der Waals surface area (Å²) < 4.78 is 4.94. The lowest BCUT2D eigenvalue weighted by Crippen LogP contribution is -2.34. The molecule has 0 heterocycles. The summed E-state index contributed by atoms with van der Waals surface area (Å²) in [5.41, 5.74) is 6.63. The van der Waals surface area contributed by atoms with Crippen molar-refractivity contribution in [3.8, 4) is 0 Å². The van der Waals surface area contributed by atoms with Gasteiger partial charge in [0.2, 0.25) is 5.91 Å². The van der Waals surface area contributed by atoms with Gasteiger partial charge in [0.25, 0.3) is 0 Å². The lowest BCUT2D eigenvalue weighted by Gasteiger charge is -2.12. The van der Waals surface area contributed by atoms with Crippen LogP contribution in [0.4, 0.5) is 0 Å². The van der Waals surface area contributed by atoms with Gasteiger partial charge >= 0.3 is 0 Å². The number of ether oxygens (including phenoxy) is 1. The van der Waals surface area contributed by atoms with E-state index in [0.717, 1.165) is 12.0 Å². The average molecular weight is 234 g/mol. The van der Waals surface area contributed by atoms with E-state index < -0.39 is 6.04 Å². The number of carbonyl (C=O) groups excluding carboxylic acids is 1. The van der Waals surface area contributed by atoms with Crippen LogP contribution in [-0.4, -0.2) is 19.1 Å². The second-order valence-corrected chi connectivity index (χ2v) is 3.57. The second kappa shape index (κ2) is 7.46. The molecule has 0 aromatic heterocycles. The summed E-state index contributed by atoms with van der Waals surface area (Å²) in [4.78, 5) is 11.7. The molecule has 0 saturated heterocycles. The number of rotatable bonds is 7. The summed E-state index contributed by atoms with van der Waals surface area (Å²) in [6.45, 7) is 4.53. The van der Waals surface area contributed by atoms with Crippen molar-refractivity contribution in [2.45, 2.75) is 12.5 Å². The predicted molar refractivity (Wildman–Crippen MR) is 67.1 cm³/mol. The van der Waals surface area contributed by atoms with Gasteiger partial charge < -0.3 is 15.8 Å². The molecule has 92 valence electrons. The van der Waals surface area contributed by atoms with E-state index in [9.17, 15) is 4.79 Å². The Kier molecular flexibility index (Phi) is 5.82. The molecule has 0 bridgehead atoms. The number of hydrogen-bond donors (Lipinski definition) is 2. The molecule has 0 aliphatic heterocycles. The van der Waals surface area contributed by atoms with Gasteiger partial charge in [-0.2, -0.15) is 0 Å². The van der Waals surface area contributed by atoms with Crippen LogP contribution in [-0.2, 0) is 9.53 Å². The molecule has 1 amide bonds. The van der Waals surface area contributed by atoms with Crippen LogP contribution in [0, 0.1) is 0 Å². The zero-order valence-electron chi connectivity index (χ0n) is 9.76. The van der Waals surface area contributed by atoms with Gasteiger partial charge in [0.1, 0.15) is 6.04 Å². The molecule has 0 aliphatic rings. The van der Waals surface area contributed by atoms with E-state index in [-0.39, 0.29) is 5.91 Å². The van der Waals surface area contributed by atoms with Crippen molar-refractivity contribution in [2.24, 2.45) is 5.73 Å². The third-order valence-electron chi connectivity index (χ3n) is 2.30. The minimum absolute atomic E-state index is 0.171. The SMILES string of the molecule is C=COCCCNC(=O)C(N)c1ccccc1. The highest BCUT2D eigenvalue weighted by molar-refractivity contribution is 5.82. The maximum Gasteiger partial charge on any atom is 0.241 e. The molecule has 3 N–H and O–H groups in total. The number of nitrogens with one attached hydrogen (secondary N) is 1. The third kappa shape index (κ3) is 4.70. The van der Waals surface area contributed by atoms with Gasteiger partial charge in [-0.3, -0.25) is 4.79 Å². The number of benzene rings is 1. The zero-order valence-corrected chi connectivity index (χ0v) is 9.76. The molecule has 1 rings (SSSR count). The molecular weight excluding hydrogens is 216 g/mol. The Morgan fingerprint density at radius 2 is 2.18 bits per heavy atom. The fraction of sp³-hybridized carbons (Fsp3) is 0.308. The topological polar surface area (TPSA) is 64.3 Å². The Labute approximate surface area is 101 Å². The summed E-state index contributed by atoms with van der Waals surface area (Å²) >= 11 is 0. The predicted octanol–water partition coefficient (Wildman–Crippen LogP) is 1.35. The molecule has 1 atom stereocenters. The first-order valence-corrected chi connectivity index (χ1v) is 5.56. The fourth-order valence-corrected chi connectivity index (χ4v) is 1.37. The van der Waals surface area contributed by atoms with Crippen LogP contribution in [0.5, 0.6) is 0 Å². The van der Waals surface area contributed by atoms with Crippen molar-refractivity contribution in [3.63, 3.8) is 0 Å². The Balaban J connectivity index is 2.30. The molecule has 0 aliphatic carbocycles. The zero-order chi connectivity index (χ0) is 12.5. The van der Waals surface area contributed by atoms with E-state index in [1.807, 2.05) is 30.3 Å². The van der Waals surface area contributed by atoms with Crippen molar-refractivity contribution in [1.29, 1.82) is 0 Å². The molecule has 0 radical (unpaired) electrons. The first kappa shape index (κ1) is 13.3. The lowest BCUT2D eigenvalue weighted by atomic mass is 10.1. The Morgan fingerprint density at radius 1 is 1.47 bits per heavy atom. The highest BCUT2D eigenvalue weighted by Crippen LogP contribution is 2.08. The lowest BCUT2D eigenvalue weighted by molar-refractivity contribution is -0.122. The second-order valence-electron chi connectivity index (χ2n) is 3.57. The van der Waals surface area contributed by atoms with Gasteiger partial charge in [0.05, 0.1) is 12.9 Å². The Bertz CT molecular complexity index is 352. The highest BCUT2D eigenvalue weighted by Gasteiger charge is 2.14. The standard InChI is InChI=1S/C13H18N2O2/c1-2-17-10-6-9-15-13(16)12(14)11-7-4-3-5-8-11/h2-5,7-8,12H,1,6,9-10,14H2,(H,15,16). The minimum Gasteiger partial charge on any atom is -0.502 e. The first-order valence-electron chi connectivity index (χ1n) is 5.56. The maximum atomic E-state index is 11.7. The molecule has 0 fully saturated rings. The van der Waals surface area contributed by atoms with Crippen LogP contribution in [0.25, 0.3) is 0 Å². The van der Waals surface area contributed by atoms with Crippen LogP contribution in [0.15, 0.2) is 43.2 Å². The summed E-state index contributed by atoms with van der Waals surface area (Å²) in [5.74, 6) is -0.171. The summed E-state index contributed by atoms with van der Waals surface area (Å²) in [6, 6.07) is 8.68. The number of hydrogen-bond acceptors (Lipinski definition) is 3. The normalized spacial score (nSPS) is 11.6. The van der Waals surface area contributed by atoms with E-state index in [2.05, 4.69) is 11.9 Å². The molecular formula is C13H18N2O2. The molecule has 1 unspecified atom stereocenters. The van der Waals surface area contributed by atoms with Gasteiger partial charge in [-0.1, -0.05) is 36.9 Å². The van der Waals surface area contributed by atoms with Gasteiger partial charge in [-0.25, -0.2) is 0 Å². The van der Waals surface area contributed by atoms with Gasteiger partial charge in [0.15, 0.2) is 0 Å². The van der Waals surface area contributed by atoms with E-state index in [4.69, 9.17) is 10.5 Å². The smallest absolute Gasteiger partial charge is 0.241 e. The summed E-state index contributed by atoms with van der Waals surface area (Å²) in [5, 5.41) is 2.76. The van der Waals surface area contributed by atoms with Crippen molar-refractivity contribution >= 4 is 5.91 Å². The molecule has 0 spiro atoms. The molecule has 0 saturated carbocycles. The molecule has 1 aromatic carbocycles. The fourth-order valence-electron chi connectivity index (χ4n) is 1.37.